The number of ether oxygens (including phenoxy) is 1. The Balaban J connectivity index is 1.86. The summed E-state index contributed by atoms with van der Waals surface area (Å²) in [5.41, 5.74) is 0. The van der Waals surface area contributed by atoms with Gasteiger partial charge in [0.1, 0.15) is 0 Å². The molecule has 0 aromatic rings. The lowest BCUT2D eigenvalue weighted by Gasteiger charge is -2.34. The van der Waals surface area contributed by atoms with E-state index >= 15 is 0 Å². The molecule has 1 heterocycles. The highest BCUT2D eigenvalue weighted by Gasteiger charge is 2.28. The van der Waals surface area contributed by atoms with E-state index in [1.54, 1.807) is 0 Å². The maximum atomic E-state index is 12.3. The van der Waals surface area contributed by atoms with Gasteiger partial charge in [0.2, 0.25) is 5.91 Å². The fourth-order valence-electron chi connectivity index (χ4n) is 2.88. The molecule has 0 unspecified atom stereocenters. The van der Waals surface area contributed by atoms with Crippen molar-refractivity contribution in [2.45, 2.75) is 51.0 Å². The van der Waals surface area contributed by atoms with Gasteiger partial charge in [-0.1, -0.05) is 19.3 Å². The Hall–Kier alpha value is -0.570. The van der Waals surface area contributed by atoms with Crippen molar-refractivity contribution >= 4 is 5.91 Å². The van der Waals surface area contributed by atoms with Crippen LogP contribution >= 0.6 is 0 Å². The molecule has 3 heteroatoms. The molecule has 1 saturated heterocycles. The van der Waals surface area contributed by atoms with E-state index in [0.29, 0.717) is 11.9 Å². The van der Waals surface area contributed by atoms with Crippen molar-refractivity contribution in [3.63, 3.8) is 0 Å². The molecule has 92 valence electrons. The summed E-state index contributed by atoms with van der Waals surface area (Å²) in [5, 5.41) is 0. The Labute approximate surface area is 98.1 Å². The second-order valence-electron chi connectivity index (χ2n) is 5.13. The monoisotopic (exact) mass is 225 g/mol. The van der Waals surface area contributed by atoms with E-state index in [0.717, 1.165) is 26.1 Å². The molecule has 2 fully saturated rings. The Morgan fingerprint density at radius 3 is 2.31 bits per heavy atom. The predicted octanol–water partition coefficient (Wildman–Crippen LogP) is 2.20. The number of carbonyl (C=O) groups is 1. The summed E-state index contributed by atoms with van der Waals surface area (Å²) in [6.07, 6.45) is 8.14. The van der Waals surface area contributed by atoms with Gasteiger partial charge in [-0.25, -0.2) is 0 Å². The maximum Gasteiger partial charge on any atom is 0.225 e. The number of rotatable bonds is 2. The Morgan fingerprint density at radius 1 is 1.06 bits per heavy atom. The third-order valence-electron chi connectivity index (χ3n) is 4.04. The van der Waals surface area contributed by atoms with Crippen LogP contribution in [0.15, 0.2) is 0 Å². The molecular weight excluding hydrogens is 202 g/mol. The molecule has 0 bridgehead atoms. The molecule has 3 nitrogen and oxygen atoms in total. The van der Waals surface area contributed by atoms with Gasteiger partial charge in [-0.15, -0.1) is 0 Å². The van der Waals surface area contributed by atoms with Crippen molar-refractivity contribution in [3.05, 3.63) is 0 Å². The largest absolute Gasteiger partial charge is 0.381 e. The highest BCUT2D eigenvalue weighted by Crippen LogP contribution is 2.25. The molecule has 0 aromatic carbocycles. The zero-order valence-corrected chi connectivity index (χ0v) is 10.3. The van der Waals surface area contributed by atoms with Crippen LogP contribution in [0.2, 0.25) is 0 Å². The number of hydrogen-bond acceptors (Lipinski definition) is 2. The summed E-state index contributed by atoms with van der Waals surface area (Å²) in [4.78, 5) is 14.3. The lowest BCUT2D eigenvalue weighted by Crippen LogP contribution is -2.43. The number of nitrogens with zero attached hydrogens (tertiary/aromatic N) is 1. The van der Waals surface area contributed by atoms with Crippen LogP contribution in [0.3, 0.4) is 0 Å². The fraction of sp³-hybridized carbons (Fsp3) is 0.923. The van der Waals surface area contributed by atoms with Gasteiger partial charge < -0.3 is 9.64 Å². The zero-order chi connectivity index (χ0) is 11.4. The second-order valence-corrected chi connectivity index (χ2v) is 5.13. The third-order valence-corrected chi connectivity index (χ3v) is 4.04. The smallest absolute Gasteiger partial charge is 0.225 e. The van der Waals surface area contributed by atoms with Gasteiger partial charge >= 0.3 is 0 Å². The van der Waals surface area contributed by atoms with Gasteiger partial charge in [0, 0.05) is 32.2 Å². The quantitative estimate of drug-likeness (QED) is 0.721. The van der Waals surface area contributed by atoms with Crippen LogP contribution in [0.25, 0.3) is 0 Å². The van der Waals surface area contributed by atoms with Crippen molar-refractivity contribution in [1.82, 2.24) is 4.90 Å². The van der Waals surface area contributed by atoms with Crippen LogP contribution in [0.5, 0.6) is 0 Å². The number of hydrogen-bond donors (Lipinski definition) is 0. The van der Waals surface area contributed by atoms with E-state index in [4.69, 9.17) is 4.74 Å². The van der Waals surface area contributed by atoms with E-state index in [1.807, 2.05) is 11.9 Å². The van der Waals surface area contributed by atoms with E-state index in [2.05, 4.69) is 0 Å². The SMILES string of the molecule is CN(C(=O)C1CCOCC1)C1CCCCC1. The first-order chi connectivity index (χ1) is 7.79. The van der Waals surface area contributed by atoms with Crippen LogP contribution in [0, 0.1) is 5.92 Å². The van der Waals surface area contributed by atoms with Crippen molar-refractivity contribution in [1.29, 1.82) is 0 Å². The first-order valence-electron chi connectivity index (χ1n) is 6.63. The van der Waals surface area contributed by atoms with Crippen molar-refractivity contribution in [3.8, 4) is 0 Å². The topological polar surface area (TPSA) is 29.5 Å². The molecule has 0 N–H and O–H groups in total. The van der Waals surface area contributed by atoms with Crippen molar-refractivity contribution in [2.24, 2.45) is 5.92 Å². The molecule has 2 aliphatic rings. The Morgan fingerprint density at radius 2 is 1.69 bits per heavy atom. The normalized spacial score (nSPS) is 24.3. The molecule has 0 aromatic heterocycles. The molecule has 2 rings (SSSR count). The molecule has 0 atom stereocenters. The maximum absolute atomic E-state index is 12.3. The summed E-state index contributed by atoms with van der Waals surface area (Å²) in [6, 6.07) is 0.504. The van der Waals surface area contributed by atoms with Crippen LogP contribution in [0.1, 0.15) is 44.9 Å². The minimum absolute atomic E-state index is 0.223. The predicted molar refractivity (Wildman–Crippen MR) is 63.2 cm³/mol. The highest BCUT2D eigenvalue weighted by molar-refractivity contribution is 5.79. The average Bonchev–Trinajstić information content (AvgIpc) is 2.39. The van der Waals surface area contributed by atoms with Gasteiger partial charge in [0.15, 0.2) is 0 Å². The van der Waals surface area contributed by atoms with Crippen LogP contribution in [0.4, 0.5) is 0 Å². The van der Waals surface area contributed by atoms with Gasteiger partial charge in [-0.05, 0) is 25.7 Å². The standard InChI is InChI=1S/C13H23NO2/c1-14(12-5-3-2-4-6-12)13(15)11-7-9-16-10-8-11/h11-12H,2-10H2,1H3. The minimum Gasteiger partial charge on any atom is -0.381 e. The summed E-state index contributed by atoms with van der Waals surface area (Å²) >= 11 is 0. The first kappa shape index (κ1) is 11.9. The molecule has 1 saturated carbocycles. The summed E-state index contributed by atoms with van der Waals surface area (Å²) < 4.78 is 5.30. The molecule has 1 aliphatic heterocycles. The molecule has 0 spiro atoms. The van der Waals surface area contributed by atoms with Gasteiger partial charge in [0.05, 0.1) is 0 Å². The van der Waals surface area contributed by atoms with Gasteiger partial charge in [0.25, 0.3) is 0 Å². The molecule has 0 radical (unpaired) electrons. The zero-order valence-electron chi connectivity index (χ0n) is 10.3. The first-order valence-corrected chi connectivity index (χ1v) is 6.63. The van der Waals surface area contributed by atoms with E-state index in [9.17, 15) is 4.79 Å². The fourth-order valence-corrected chi connectivity index (χ4v) is 2.88. The lowest BCUT2D eigenvalue weighted by atomic mass is 9.92. The number of carbonyl (C=O) groups excluding carboxylic acids is 1. The lowest BCUT2D eigenvalue weighted by molar-refractivity contribution is -0.139. The van der Waals surface area contributed by atoms with Crippen molar-refractivity contribution in [2.75, 3.05) is 20.3 Å². The van der Waals surface area contributed by atoms with Crippen LogP contribution in [-0.4, -0.2) is 37.1 Å². The van der Waals surface area contributed by atoms with E-state index in [1.165, 1.54) is 32.1 Å². The molecular formula is C13H23NO2. The molecule has 1 aliphatic carbocycles. The van der Waals surface area contributed by atoms with Crippen LogP contribution < -0.4 is 0 Å². The number of amides is 1. The Bertz CT molecular complexity index is 230. The average molecular weight is 225 g/mol. The summed E-state index contributed by atoms with van der Waals surface area (Å²) in [5.74, 6) is 0.580. The van der Waals surface area contributed by atoms with E-state index in [-0.39, 0.29) is 5.92 Å². The van der Waals surface area contributed by atoms with E-state index < -0.39 is 0 Å². The summed E-state index contributed by atoms with van der Waals surface area (Å²) in [6.45, 7) is 1.52. The van der Waals surface area contributed by atoms with Crippen LogP contribution in [-0.2, 0) is 9.53 Å². The van der Waals surface area contributed by atoms with Gasteiger partial charge in [-0.2, -0.15) is 0 Å². The third kappa shape index (κ3) is 2.76. The highest BCUT2D eigenvalue weighted by atomic mass is 16.5. The molecule has 16 heavy (non-hydrogen) atoms. The minimum atomic E-state index is 0.223. The Kier molecular flexibility index (Phi) is 4.22. The van der Waals surface area contributed by atoms with Crippen molar-refractivity contribution < 1.29 is 9.53 Å². The molecule has 1 amide bonds. The second kappa shape index (κ2) is 5.67. The van der Waals surface area contributed by atoms with Gasteiger partial charge in [-0.3, -0.25) is 4.79 Å². The summed E-state index contributed by atoms with van der Waals surface area (Å²) in [7, 11) is 1.99.